The van der Waals surface area contributed by atoms with E-state index in [0.717, 1.165) is 25.3 Å². The summed E-state index contributed by atoms with van der Waals surface area (Å²) < 4.78 is 5.57. The highest BCUT2D eigenvalue weighted by Crippen LogP contribution is 2.18. The molecule has 1 aromatic rings. The lowest BCUT2D eigenvalue weighted by molar-refractivity contribution is 0.0334. The number of esters is 1. The SMILES string of the molecule is CCN(CC)c1ccc(C(=O)OC(C)CNC2CCCCC2)cc1. The Morgan fingerprint density at radius 1 is 1.17 bits per heavy atom. The molecular formula is C20H32N2O2. The Balaban J connectivity index is 1.80. The number of ether oxygens (including phenoxy) is 1. The molecule has 4 nitrogen and oxygen atoms in total. The summed E-state index contributed by atoms with van der Waals surface area (Å²) in [6.07, 6.45) is 6.35. The number of nitrogens with zero attached hydrogens (tertiary/aromatic N) is 1. The van der Waals surface area contributed by atoms with E-state index in [9.17, 15) is 4.79 Å². The van der Waals surface area contributed by atoms with Crippen molar-refractivity contribution in [2.75, 3.05) is 24.5 Å². The zero-order valence-corrected chi connectivity index (χ0v) is 15.4. The first-order chi connectivity index (χ1) is 11.6. The molecule has 1 atom stereocenters. The Morgan fingerprint density at radius 3 is 2.38 bits per heavy atom. The van der Waals surface area contributed by atoms with Crippen LogP contribution in [-0.4, -0.2) is 37.7 Å². The Bertz CT molecular complexity index is 491. The minimum atomic E-state index is -0.237. The third-order valence-corrected chi connectivity index (χ3v) is 4.84. The smallest absolute Gasteiger partial charge is 0.338 e. The lowest BCUT2D eigenvalue weighted by Gasteiger charge is -2.24. The molecule has 0 saturated heterocycles. The van der Waals surface area contributed by atoms with Crippen molar-refractivity contribution in [1.82, 2.24) is 5.32 Å². The summed E-state index contributed by atoms with van der Waals surface area (Å²) in [6.45, 7) is 8.87. The van der Waals surface area contributed by atoms with Crippen LogP contribution in [0.4, 0.5) is 5.69 Å². The fourth-order valence-electron chi connectivity index (χ4n) is 3.33. The number of rotatable bonds is 8. The van der Waals surface area contributed by atoms with Gasteiger partial charge in [0.05, 0.1) is 5.56 Å². The van der Waals surface area contributed by atoms with E-state index >= 15 is 0 Å². The molecule has 0 amide bonds. The second kappa shape index (κ2) is 9.67. The summed E-state index contributed by atoms with van der Waals surface area (Å²) in [6, 6.07) is 8.30. The summed E-state index contributed by atoms with van der Waals surface area (Å²) in [7, 11) is 0. The number of hydrogen-bond acceptors (Lipinski definition) is 4. The molecule has 1 aliphatic carbocycles. The Morgan fingerprint density at radius 2 is 1.79 bits per heavy atom. The molecule has 24 heavy (non-hydrogen) atoms. The molecule has 0 radical (unpaired) electrons. The zero-order valence-electron chi connectivity index (χ0n) is 15.4. The van der Waals surface area contributed by atoms with E-state index in [0.29, 0.717) is 11.6 Å². The fourth-order valence-corrected chi connectivity index (χ4v) is 3.33. The highest BCUT2D eigenvalue weighted by atomic mass is 16.5. The quantitative estimate of drug-likeness (QED) is 0.731. The summed E-state index contributed by atoms with van der Waals surface area (Å²) in [4.78, 5) is 14.5. The Hall–Kier alpha value is -1.55. The van der Waals surface area contributed by atoms with Crippen molar-refractivity contribution in [3.63, 3.8) is 0 Å². The van der Waals surface area contributed by atoms with Crippen molar-refractivity contribution in [2.24, 2.45) is 0 Å². The molecule has 1 fully saturated rings. The molecule has 0 bridgehead atoms. The lowest BCUT2D eigenvalue weighted by atomic mass is 9.95. The normalized spacial score (nSPS) is 16.6. The van der Waals surface area contributed by atoms with E-state index < -0.39 is 0 Å². The molecule has 0 spiro atoms. The van der Waals surface area contributed by atoms with Gasteiger partial charge in [-0.15, -0.1) is 0 Å². The van der Waals surface area contributed by atoms with Crippen LogP contribution in [0.25, 0.3) is 0 Å². The van der Waals surface area contributed by atoms with Gasteiger partial charge in [-0.05, 0) is 57.9 Å². The third-order valence-electron chi connectivity index (χ3n) is 4.84. The maximum absolute atomic E-state index is 12.3. The molecule has 1 N–H and O–H groups in total. The minimum absolute atomic E-state index is 0.109. The van der Waals surface area contributed by atoms with Crippen molar-refractivity contribution in [3.05, 3.63) is 29.8 Å². The van der Waals surface area contributed by atoms with Gasteiger partial charge in [0.1, 0.15) is 6.10 Å². The molecule has 1 aliphatic rings. The first-order valence-corrected chi connectivity index (χ1v) is 9.43. The molecule has 0 aliphatic heterocycles. The van der Waals surface area contributed by atoms with Crippen LogP contribution in [0.3, 0.4) is 0 Å². The van der Waals surface area contributed by atoms with Gasteiger partial charge in [-0.1, -0.05) is 19.3 Å². The topological polar surface area (TPSA) is 41.6 Å². The number of carbonyl (C=O) groups excluding carboxylic acids is 1. The molecule has 134 valence electrons. The van der Waals surface area contributed by atoms with E-state index in [1.165, 1.54) is 32.1 Å². The van der Waals surface area contributed by atoms with E-state index in [2.05, 4.69) is 24.1 Å². The van der Waals surface area contributed by atoms with Gasteiger partial charge in [0.2, 0.25) is 0 Å². The van der Waals surface area contributed by atoms with E-state index in [1.54, 1.807) is 0 Å². The highest BCUT2D eigenvalue weighted by molar-refractivity contribution is 5.90. The molecule has 1 saturated carbocycles. The van der Waals surface area contributed by atoms with Crippen LogP contribution in [0.15, 0.2) is 24.3 Å². The molecule has 2 rings (SSSR count). The maximum atomic E-state index is 12.3. The second-order valence-electron chi connectivity index (χ2n) is 6.68. The number of hydrogen-bond donors (Lipinski definition) is 1. The monoisotopic (exact) mass is 332 g/mol. The summed E-state index contributed by atoms with van der Waals surface area (Å²) in [5, 5.41) is 3.53. The number of anilines is 1. The standard InChI is InChI=1S/C20H32N2O2/c1-4-22(5-2)19-13-11-17(12-14-19)20(23)24-16(3)15-21-18-9-7-6-8-10-18/h11-14,16,18,21H,4-10,15H2,1-3H3. The molecule has 4 heteroatoms. The second-order valence-corrected chi connectivity index (χ2v) is 6.68. The average molecular weight is 332 g/mol. The van der Waals surface area contributed by atoms with Crippen LogP contribution in [0.5, 0.6) is 0 Å². The predicted molar refractivity (Wildman–Crippen MR) is 99.8 cm³/mol. The maximum Gasteiger partial charge on any atom is 0.338 e. The largest absolute Gasteiger partial charge is 0.458 e. The Kier molecular flexibility index (Phi) is 7.57. The van der Waals surface area contributed by atoms with Crippen molar-refractivity contribution in [2.45, 2.75) is 65.0 Å². The van der Waals surface area contributed by atoms with Crippen LogP contribution in [0.1, 0.15) is 63.2 Å². The van der Waals surface area contributed by atoms with Crippen LogP contribution >= 0.6 is 0 Å². The molecule has 1 aromatic carbocycles. The minimum Gasteiger partial charge on any atom is -0.458 e. The summed E-state index contributed by atoms with van der Waals surface area (Å²) in [5.41, 5.74) is 1.76. The molecule has 0 aromatic heterocycles. The van der Waals surface area contributed by atoms with Crippen LogP contribution in [-0.2, 0) is 4.74 Å². The zero-order chi connectivity index (χ0) is 17.4. The van der Waals surface area contributed by atoms with E-state index in [-0.39, 0.29) is 12.1 Å². The average Bonchev–Trinajstić information content (AvgIpc) is 2.62. The third kappa shape index (κ3) is 5.52. The predicted octanol–water partition coefficient (Wildman–Crippen LogP) is 4.00. The number of benzene rings is 1. The van der Waals surface area contributed by atoms with Gasteiger partial charge in [-0.3, -0.25) is 0 Å². The Labute approximate surface area is 146 Å². The van der Waals surface area contributed by atoms with Gasteiger partial charge in [0, 0.05) is 31.4 Å². The molecule has 1 unspecified atom stereocenters. The highest BCUT2D eigenvalue weighted by Gasteiger charge is 2.16. The number of carbonyl (C=O) groups is 1. The number of nitrogens with one attached hydrogen (secondary N) is 1. The van der Waals surface area contributed by atoms with Gasteiger partial charge in [0.15, 0.2) is 0 Å². The van der Waals surface area contributed by atoms with E-state index in [1.807, 2.05) is 31.2 Å². The molecular weight excluding hydrogens is 300 g/mol. The van der Waals surface area contributed by atoms with Gasteiger partial charge < -0.3 is 15.0 Å². The van der Waals surface area contributed by atoms with Gasteiger partial charge >= 0.3 is 5.97 Å². The van der Waals surface area contributed by atoms with Crippen LogP contribution < -0.4 is 10.2 Å². The van der Waals surface area contributed by atoms with Crippen molar-refractivity contribution in [3.8, 4) is 0 Å². The van der Waals surface area contributed by atoms with Crippen molar-refractivity contribution >= 4 is 11.7 Å². The first kappa shape index (κ1) is 18.8. The first-order valence-electron chi connectivity index (χ1n) is 9.43. The van der Waals surface area contributed by atoms with Crippen LogP contribution in [0, 0.1) is 0 Å². The van der Waals surface area contributed by atoms with Gasteiger partial charge in [-0.25, -0.2) is 4.79 Å². The molecule has 0 heterocycles. The summed E-state index contributed by atoms with van der Waals surface area (Å²) in [5.74, 6) is -0.237. The van der Waals surface area contributed by atoms with Crippen molar-refractivity contribution in [1.29, 1.82) is 0 Å². The van der Waals surface area contributed by atoms with Gasteiger partial charge in [-0.2, -0.15) is 0 Å². The lowest BCUT2D eigenvalue weighted by Crippen LogP contribution is -2.37. The van der Waals surface area contributed by atoms with Crippen LogP contribution in [0.2, 0.25) is 0 Å². The van der Waals surface area contributed by atoms with Gasteiger partial charge in [0.25, 0.3) is 0 Å². The van der Waals surface area contributed by atoms with E-state index in [4.69, 9.17) is 4.74 Å². The summed E-state index contributed by atoms with van der Waals surface area (Å²) >= 11 is 0. The van der Waals surface area contributed by atoms with Crippen molar-refractivity contribution < 1.29 is 9.53 Å². The fraction of sp³-hybridized carbons (Fsp3) is 0.650.